The highest BCUT2D eigenvalue weighted by atomic mass is 19.4. The number of hydrogen-bond donors (Lipinski definition) is 1. The number of benzene rings is 2. The number of halogens is 6. The van der Waals surface area contributed by atoms with Gasteiger partial charge in [0.25, 0.3) is 0 Å². The van der Waals surface area contributed by atoms with Gasteiger partial charge in [-0.2, -0.15) is 26.3 Å². The molecule has 1 aliphatic rings. The van der Waals surface area contributed by atoms with E-state index < -0.39 is 35.9 Å². The van der Waals surface area contributed by atoms with Crippen LogP contribution in [0.15, 0.2) is 48.5 Å². The Morgan fingerprint density at radius 3 is 2.07 bits per heavy atom. The first-order valence-electron chi connectivity index (χ1n) is 9.32. The first-order chi connectivity index (χ1) is 14.0. The molecule has 164 valence electrons. The average Bonchev–Trinajstić information content (AvgIpc) is 3.09. The van der Waals surface area contributed by atoms with Crippen LogP contribution >= 0.6 is 0 Å². The summed E-state index contributed by atoms with van der Waals surface area (Å²) in [6.07, 6.45) is -11.8. The summed E-state index contributed by atoms with van der Waals surface area (Å²) >= 11 is 0. The van der Waals surface area contributed by atoms with Crippen molar-refractivity contribution in [2.75, 3.05) is 13.2 Å². The van der Waals surface area contributed by atoms with Gasteiger partial charge < -0.3 is 15.2 Å². The fraction of sp³-hybridized carbons (Fsp3) is 0.429. The SMILES string of the molecule is C[C@H](O[C@H]1OC[C@H](CN)[C@H]1c1ccccc1)c1cc(C(F)(F)F)cc(C(F)(F)F)c1. The van der Waals surface area contributed by atoms with Gasteiger partial charge in [-0.1, -0.05) is 30.3 Å². The Labute approximate surface area is 169 Å². The number of rotatable bonds is 5. The molecule has 4 atom stereocenters. The summed E-state index contributed by atoms with van der Waals surface area (Å²) in [6.45, 7) is 1.98. The predicted molar refractivity (Wildman–Crippen MR) is 97.4 cm³/mol. The lowest BCUT2D eigenvalue weighted by Gasteiger charge is -2.26. The van der Waals surface area contributed by atoms with Crippen molar-refractivity contribution in [1.29, 1.82) is 0 Å². The third-order valence-electron chi connectivity index (χ3n) is 5.18. The summed E-state index contributed by atoms with van der Waals surface area (Å²) in [6, 6.07) is 10.6. The Kier molecular flexibility index (Phi) is 6.45. The summed E-state index contributed by atoms with van der Waals surface area (Å²) in [5, 5.41) is 0. The van der Waals surface area contributed by atoms with Gasteiger partial charge in [-0.15, -0.1) is 0 Å². The molecule has 0 bridgehead atoms. The van der Waals surface area contributed by atoms with Gasteiger partial charge in [0, 0.05) is 11.8 Å². The second-order valence-electron chi connectivity index (χ2n) is 7.25. The molecule has 3 rings (SSSR count). The maximum atomic E-state index is 13.1. The molecule has 1 aliphatic heterocycles. The van der Waals surface area contributed by atoms with Crippen molar-refractivity contribution < 1.29 is 35.8 Å². The van der Waals surface area contributed by atoms with E-state index in [2.05, 4.69) is 0 Å². The predicted octanol–water partition coefficient (Wildman–Crippen LogP) is 5.52. The maximum absolute atomic E-state index is 13.1. The highest BCUT2D eigenvalue weighted by molar-refractivity contribution is 5.34. The van der Waals surface area contributed by atoms with Crippen LogP contribution in [-0.4, -0.2) is 19.4 Å². The summed E-state index contributed by atoms with van der Waals surface area (Å²) in [7, 11) is 0. The van der Waals surface area contributed by atoms with E-state index in [1.807, 2.05) is 30.3 Å². The van der Waals surface area contributed by atoms with E-state index in [0.29, 0.717) is 18.7 Å². The lowest BCUT2D eigenvalue weighted by molar-refractivity contribution is -0.150. The molecule has 0 amide bonds. The minimum Gasteiger partial charge on any atom is -0.352 e. The molecule has 2 aromatic carbocycles. The summed E-state index contributed by atoms with van der Waals surface area (Å²) in [4.78, 5) is 0. The van der Waals surface area contributed by atoms with Crippen LogP contribution in [0.4, 0.5) is 26.3 Å². The number of nitrogens with two attached hydrogens (primary N) is 1. The van der Waals surface area contributed by atoms with Crippen molar-refractivity contribution in [3.8, 4) is 0 Å². The molecule has 0 aliphatic carbocycles. The van der Waals surface area contributed by atoms with E-state index >= 15 is 0 Å². The van der Waals surface area contributed by atoms with Crippen molar-refractivity contribution in [3.63, 3.8) is 0 Å². The van der Waals surface area contributed by atoms with Crippen molar-refractivity contribution in [1.82, 2.24) is 0 Å². The van der Waals surface area contributed by atoms with Crippen LogP contribution in [0, 0.1) is 5.92 Å². The zero-order valence-corrected chi connectivity index (χ0v) is 16.0. The fourth-order valence-corrected chi connectivity index (χ4v) is 3.58. The standard InChI is InChI=1S/C21H21F6NO2/c1-12(14-7-16(20(22,23)24)9-17(8-14)21(25,26)27)30-19-18(15(10-28)11-29-19)13-5-3-2-4-6-13/h2-9,12,15,18-19H,10-11,28H2,1H3/t12-,15-,18+,19+/m0/s1. The van der Waals surface area contributed by atoms with Crippen LogP contribution in [0.3, 0.4) is 0 Å². The smallest absolute Gasteiger partial charge is 0.352 e. The lowest BCUT2D eigenvalue weighted by Crippen LogP contribution is -2.26. The molecule has 2 N–H and O–H groups in total. The van der Waals surface area contributed by atoms with Gasteiger partial charge in [-0.3, -0.25) is 0 Å². The molecule has 30 heavy (non-hydrogen) atoms. The second kappa shape index (κ2) is 8.56. The summed E-state index contributed by atoms with van der Waals surface area (Å²) < 4.78 is 90.3. The van der Waals surface area contributed by atoms with E-state index in [9.17, 15) is 26.3 Å². The molecule has 0 aromatic heterocycles. The van der Waals surface area contributed by atoms with Gasteiger partial charge in [-0.05, 0) is 42.8 Å². The topological polar surface area (TPSA) is 44.5 Å². The molecule has 3 nitrogen and oxygen atoms in total. The molecule has 1 fully saturated rings. The second-order valence-corrected chi connectivity index (χ2v) is 7.25. The molecular weight excluding hydrogens is 412 g/mol. The van der Waals surface area contributed by atoms with Gasteiger partial charge >= 0.3 is 12.4 Å². The summed E-state index contributed by atoms with van der Waals surface area (Å²) in [5.74, 6) is -0.372. The minimum atomic E-state index is -4.92. The van der Waals surface area contributed by atoms with Gasteiger partial charge in [-0.25, -0.2) is 0 Å². The highest BCUT2D eigenvalue weighted by Crippen LogP contribution is 2.41. The third-order valence-corrected chi connectivity index (χ3v) is 5.18. The Morgan fingerprint density at radius 2 is 1.57 bits per heavy atom. The van der Waals surface area contributed by atoms with Crippen LogP contribution in [0.2, 0.25) is 0 Å². The normalized spacial score (nSPS) is 23.5. The molecule has 2 aromatic rings. The van der Waals surface area contributed by atoms with Crippen molar-refractivity contribution in [2.24, 2.45) is 11.7 Å². The monoisotopic (exact) mass is 433 g/mol. The van der Waals surface area contributed by atoms with Crippen molar-refractivity contribution in [3.05, 3.63) is 70.8 Å². The third kappa shape index (κ3) is 4.96. The molecule has 1 heterocycles. The fourth-order valence-electron chi connectivity index (χ4n) is 3.58. The van der Waals surface area contributed by atoms with Crippen LogP contribution in [-0.2, 0) is 21.8 Å². The quantitative estimate of drug-likeness (QED) is 0.632. The van der Waals surface area contributed by atoms with Crippen LogP contribution in [0.5, 0.6) is 0 Å². The molecule has 9 heteroatoms. The number of hydrogen-bond acceptors (Lipinski definition) is 3. The zero-order valence-electron chi connectivity index (χ0n) is 16.0. The lowest BCUT2D eigenvalue weighted by atomic mass is 9.88. The van der Waals surface area contributed by atoms with E-state index in [0.717, 1.165) is 5.56 Å². The minimum absolute atomic E-state index is 0.0863. The zero-order chi connectivity index (χ0) is 22.1. The van der Waals surface area contributed by atoms with Gasteiger partial charge in [0.15, 0.2) is 6.29 Å². The number of ether oxygens (including phenoxy) is 2. The number of alkyl halides is 6. The van der Waals surface area contributed by atoms with Crippen LogP contribution in [0.1, 0.15) is 41.2 Å². The van der Waals surface area contributed by atoms with Gasteiger partial charge in [0.1, 0.15) is 0 Å². The van der Waals surface area contributed by atoms with E-state index in [1.54, 1.807) is 0 Å². The van der Waals surface area contributed by atoms with Crippen LogP contribution in [0.25, 0.3) is 0 Å². The largest absolute Gasteiger partial charge is 0.416 e. The molecule has 1 saturated heterocycles. The first-order valence-corrected chi connectivity index (χ1v) is 9.32. The Hall–Kier alpha value is -2.10. The maximum Gasteiger partial charge on any atom is 0.416 e. The van der Waals surface area contributed by atoms with E-state index in [4.69, 9.17) is 15.2 Å². The average molecular weight is 433 g/mol. The Bertz CT molecular complexity index is 821. The Morgan fingerprint density at radius 1 is 1.00 bits per heavy atom. The highest BCUT2D eigenvalue weighted by Gasteiger charge is 2.41. The van der Waals surface area contributed by atoms with Crippen LogP contribution < -0.4 is 5.73 Å². The first kappa shape index (κ1) is 22.6. The molecule has 0 unspecified atom stereocenters. The Balaban J connectivity index is 1.90. The van der Waals surface area contributed by atoms with Crippen molar-refractivity contribution in [2.45, 2.75) is 37.6 Å². The van der Waals surface area contributed by atoms with E-state index in [-0.39, 0.29) is 30.1 Å². The van der Waals surface area contributed by atoms with Gasteiger partial charge in [0.05, 0.1) is 23.8 Å². The molecular formula is C21H21F6NO2. The molecule has 0 saturated carbocycles. The van der Waals surface area contributed by atoms with Gasteiger partial charge in [0.2, 0.25) is 0 Å². The summed E-state index contributed by atoms with van der Waals surface area (Å²) in [5.41, 5.74) is 3.70. The van der Waals surface area contributed by atoms with Crippen molar-refractivity contribution >= 4 is 0 Å². The molecule has 0 radical (unpaired) electrons. The molecule has 0 spiro atoms. The van der Waals surface area contributed by atoms with E-state index in [1.165, 1.54) is 6.92 Å².